The molecule has 0 aliphatic carbocycles. The molecule has 0 unspecified atom stereocenters. The van der Waals surface area contributed by atoms with Gasteiger partial charge in [-0.1, -0.05) is 59.3 Å². The average molecular weight is 490 g/mol. The van der Waals surface area contributed by atoms with Crippen LogP contribution in [0, 0.1) is 18.3 Å². The lowest BCUT2D eigenvalue weighted by Gasteiger charge is -2.14. The van der Waals surface area contributed by atoms with Crippen molar-refractivity contribution in [1.82, 2.24) is 4.98 Å². The van der Waals surface area contributed by atoms with Crippen molar-refractivity contribution in [3.05, 3.63) is 87.9 Å². The number of thiazole rings is 1. The van der Waals surface area contributed by atoms with Crippen molar-refractivity contribution in [2.24, 2.45) is 0 Å². The Morgan fingerprint density at radius 3 is 2.71 bits per heavy atom. The quantitative estimate of drug-likeness (QED) is 0.240. The van der Waals surface area contributed by atoms with Gasteiger partial charge in [0.1, 0.15) is 18.2 Å². The monoisotopic (exact) mass is 489 g/mol. The minimum Gasteiger partial charge on any atom is -0.493 e. The number of rotatable bonds is 7. The summed E-state index contributed by atoms with van der Waals surface area (Å²) in [7, 11) is 1.50. The zero-order chi connectivity index (χ0) is 24.1. The van der Waals surface area contributed by atoms with Gasteiger partial charge in [-0.05, 0) is 54.0 Å². The molecule has 0 saturated heterocycles. The summed E-state index contributed by atoms with van der Waals surface area (Å²) in [6.45, 7) is 2.33. The molecule has 0 fully saturated rings. The van der Waals surface area contributed by atoms with Crippen LogP contribution in [0.1, 0.15) is 16.7 Å². The van der Waals surface area contributed by atoms with Gasteiger partial charge < -0.3 is 9.47 Å². The summed E-state index contributed by atoms with van der Waals surface area (Å²) in [6.07, 6.45) is 1.45. The Bertz CT molecular complexity index is 1410. The highest BCUT2D eigenvalue weighted by Crippen LogP contribution is 2.37. The number of benzene rings is 3. The number of carbonyl (C=O) groups excluding carboxylic acids is 1. The molecule has 1 heterocycles. The normalized spacial score (nSPS) is 11.2. The number of nitrogens with one attached hydrogen (secondary N) is 1. The zero-order valence-electron chi connectivity index (χ0n) is 18.5. The number of anilines is 1. The Hall–Kier alpha value is -3.86. The van der Waals surface area contributed by atoms with Crippen molar-refractivity contribution >= 4 is 50.3 Å². The van der Waals surface area contributed by atoms with E-state index in [4.69, 9.17) is 21.1 Å². The fourth-order valence-corrected chi connectivity index (χ4v) is 4.43. The number of nitriles is 1. The van der Waals surface area contributed by atoms with Crippen LogP contribution in [0.15, 0.2) is 66.2 Å². The molecule has 0 aliphatic rings. The molecular formula is C26H20ClN3O3S. The van der Waals surface area contributed by atoms with Gasteiger partial charge in [-0.15, -0.1) is 0 Å². The summed E-state index contributed by atoms with van der Waals surface area (Å²) < 4.78 is 12.3. The van der Waals surface area contributed by atoms with Gasteiger partial charge in [-0.3, -0.25) is 10.1 Å². The molecular weight excluding hydrogens is 470 g/mol. The summed E-state index contributed by atoms with van der Waals surface area (Å²) in [5.74, 6) is 0.231. The lowest BCUT2D eigenvalue weighted by molar-refractivity contribution is -0.112. The first kappa shape index (κ1) is 23.3. The predicted molar refractivity (Wildman–Crippen MR) is 135 cm³/mol. The summed E-state index contributed by atoms with van der Waals surface area (Å²) >= 11 is 7.81. The lowest BCUT2D eigenvalue weighted by atomic mass is 10.1. The summed E-state index contributed by atoms with van der Waals surface area (Å²) in [5, 5.41) is 13.0. The van der Waals surface area contributed by atoms with Gasteiger partial charge in [0.05, 0.1) is 22.3 Å². The van der Waals surface area contributed by atoms with Gasteiger partial charge >= 0.3 is 0 Å². The molecule has 0 bridgehead atoms. The highest BCUT2D eigenvalue weighted by atomic mass is 35.5. The molecule has 6 nitrogen and oxygen atoms in total. The minimum absolute atomic E-state index is 0.0917. The number of hydrogen-bond acceptors (Lipinski definition) is 6. The fraction of sp³-hybridized carbons (Fsp3) is 0.115. The number of ether oxygens (including phenoxy) is 2. The number of aromatic nitrogens is 1. The van der Waals surface area contributed by atoms with Crippen LogP contribution in [0.5, 0.6) is 11.5 Å². The van der Waals surface area contributed by atoms with Crippen molar-refractivity contribution < 1.29 is 14.3 Å². The highest BCUT2D eigenvalue weighted by molar-refractivity contribution is 7.22. The molecule has 0 atom stereocenters. The van der Waals surface area contributed by atoms with Crippen LogP contribution in [-0.4, -0.2) is 18.0 Å². The van der Waals surface area contributed by atoms with E-state index in [1.54, 1.807) is 12.1 Å². The van der Waals surface area contributed by atoms with Crippen LogP contribution in [0.2, 0.25) is 5.02 Å². The number of halogens is 1. The molecule has 3 aromatic carbocycles. The maximum absolute atomic E-state index is 12.7. The Kier molecular flexibility index (Phi) is 7.12. The number of nitrogens with zero attached hydrogens (tertiary/aromatic N) is 2. The second-order valence-electron chi connectivity index (χ2n) is 7.36. The fourth-order valence-electron chi connectivity index (χ4n) is 3.29. The summed E-state index contributed by atoms with van der Waals surface area (Å²) in [4.78, 5) is 17.1. The number of amides is 1. The van der Waals surface area contributed by atoms with E-state index in [1.165, 1.54) is 24.5 Å². The Morgan fingerprint density at radius 2 is 1.97 bits per heavy atom. The first-order valence-electron chi connectivity index (χ1n) is 10.3. The smallest absolute Gasteiger partial charge is 0.268 e. The zero-order valence-corrected chi connectivity index (χ0v) is 20.0. The molecule has 4 rings (SSSR count). The molecule has 4 aromatic rings. The number of hydrogen-bond donors (Lipinski definition) is 1. The van der Waals surface area contributed by atoms with Crippen LogP contribution in [0.25, 0.3) is 16.3 Å². The van der Waals surface area contributed by atoms with Crippen molar-refractivity contribution in [3.63, 3.8) is 0 Å². The lowest BCUT2D eigenvalue weighted by Crippen LogP contribution is -2.13. The third-order valence-electron chi connectivity index (χ3n) is 5.08. The number of methoxy groups -OCH3 is 1. The molecule has 1 aromatic heterocycles. The highest BCUT2D eigenvalue weighted by Gasteiger charge is 2.16. The number of aryl methyl sites for hydroxylation is 1. The topological polar surface area (TPSA) is 84.2 Å². The first-order valence-corrected chi connectivity index (χ1v) is 11.5. The molecule has 0 radical (unpaired) electrons. The van der Waals surface area contributed by atoms with E-state index in [0.29, 0.717) is 33.8 Å². The van der Waals surface area contributed by atoms with Crippen molar-refractivity contribution in [3.8, 4) is 17.6 Å². The van der Waals surface area contributed by atoms with Crippen LogP contribution in [0.4, 0.5) is 5.13 Å². The van der Waals surface area contributed by atoms with Crippen LogP contribution < -0.4 is 14.8 Å². The number of para-hydroxylation sites is 1. The SMILES string of the molecule is COc1cc(/C=C(\C#N)C(=O)Nc2nc3ccccc3s2)cc(Cl)c1OCc1ccccc1C. The van der Waals surface area contributed by atoms with Crippen molar-refractivity contribution in [2.45, 2.75) is 13.5 Å². The standard InChI is InChI=1S/C26H20ClN3O3S/c1-16-7-3-4-8-18(16)15-33-24-20(27)12-17(13-22(24)32-2)11-19(14-28)25(31)30-26-29-21-9-5-6-10-23(21)34-26/h3-13H,15H2,1-2H3,(H,29,30,31)/b19-11+. The third kappa shape index (κ3) is 5.20. The van der Waals surface area contributed by atoms with Crippen LogP contribution in [0.3, 0.4) is 0 Å². The summed E-state index contributed by atoms with van der Waals surface area (Å²) in [6, 6.07) is 20.7. The van der Waals surface area contributed by atoms with E-state index in [0.717, 1.165) is 21.3 Å². The van der Waals surface area contributed by atoms with E-state index in [1.807, 2.05) is 61.5 Å². The maximum Gasteiger partial charge on any atom is 0.268 e. The van der Waals surface area contributed by atoms with E-state index >= 15 is 0 Å². The van der Waals surface area contributed by atoms with E-state index in [-0.39, 0.29) is 5.57 Å². The molecule has 170 valence electrons. The van der Waals surface area contributed by atoms with Crippen LogP contribution >= 0.6 is 22.9 Å². The van der Waals surface area contributed by atoms with Gasteiger partial charge in [0, 0.05) is 0 Å². The predicted octanol–water partition coefficient (Wildman–Crippen LogP) is 6.39. The Morgan fingerprint density at radius 1 is 1.21 bits per heavy atom. The van der Waals surface area contributed by atoms with E-state index in [2.05, 4.69) is 10.3 Å². The Balaban J connectivity index is 1.55. The van der Waals surface area contributed by atoms with Crippen LogP contribution in [-0.2, 0) is 11.4 Å². The minimum atomic E-state index is -0.559. The van der Waals surface area contributed by atoms with Gasteiger partial charge in [0.15, 0.2) is 16.6 Å². The summed E-state index contributed by atoms with van der Waals surface area (Å²) in [5.41, 5.74) is 3.35. The van der Waals surface area contributed by atoms with Gasteiger partial charge in [-0.2, -0.15) is 5.26 Å². The first-order chi connectivity index (χ1) is 16.5. The third-order valence-corrected chi connectivity index (χ3v) is 6.31. The molecule has 34 heavy (non-hydrogen) atoms. The second-order valence-corrected chi connectivity index (χ2v) is 8.80. The van der Waals surface area contributed by atoms with Gasteiger partial charge in [0.25, 0.3) is 5.91 Å². The molecule has 1 amide bonds. The molecule has 1 N–H and O–H groups in total. The molecule has 0 aliphatic heterocycles. The average Bonchev–Trinajstić information content (AvgIpc) is 3.24. The van der Waals surface area contributed by atoms with E-state index in [9.17, 15) is 10.1 Å². The van der Waals surface area contributed by atoms with Gasteiger partial charge in [-0.25, -0.2) is 4.98 Å². The largest absolute Gasteiger partial charge is 0.493 e. The molecule has 0 spiro atoms. The molecule has 8 heteroatoms. The van der Waals surface area contributed by atoms with Gasteiger partial charge in [0.2, 0.25) is 0 Å². The maximum atomic E-state index is 12.7. The van der Waals surface area contributed by atoms with Crippen molar-refractivity contribution in [1.29, 1.82) is 5.26 Å². The van der Waals surface area contributed by atoms with Crippen molar-refractivity contribution in [2.75, 3.05) is 12.4 Å². The number of fused-ring (bicyclic) bond motifs is 1. The second kappa shape index (κ2) is 10.4. The number of carbonyl (C=O) groups is 1. The Labute approximate surface area is 206 Å². The molecule has 0 saturated carbocycles. The van der Waals surface area contributed by atoms with E-state index < -0.39 is 5.91 Å².